The quantitative estimate of drug-likeness (QED) is 0.357. The Kier molecular flexibility index (Phi) is 6.16. The van der Waals surface area contributed by atoms with E-state index in [1.54, 1.807) is 24.4 Å². The van der Waals surface area contributed by atoms with Crippen molar-refractivity contribution in [1.29, 1.82) is 0 Å². The molecule has 0 bridgehead atoms. The number of carbonyl (C=O) groups excluding carboxylic acids is 1. The second kappa shape index (κ2) is 9.72. The summed E-state index contributed by atoms with van der Waals surface area (Å²) in [5.41, 5.74) is 2.01. The Morgan fingerprint density at radius 1 is 0.943 bits per heavy atom. The minimum Gasteiger partial charge on any atom is -0.340 e. The average Bonchev–Trinajstić information content (AvgIpc) is 3.68. The van der Waals surface area contributed by atoms with Crippen molar-refractivity contribution in [3.05, 3.63) is 89.0 Å². The number of benzene rings is 1. The van der Waals surface area contributed by atoms with Gasteiger partial charge in [-0.15, -0.1) is 0 Å². The molecule has 1 amide bonds. The summed E-state index contributed by atoms with van der Waals surface area (Å²) in [6, 6.07) is 16.1. The number of anilines is 5. The van der Waals surface area contributed by atoms with E-state index in [2.05, 4.69) is 35.9 Å². The standard InChI is InChI=1S/C25H24N8O2/c1-16-28-22(13-23(29-16)32-21-4-2-3-11-26-21)30-18-7-9-19(10-8-18)31-24(34)14-33-15-27-20(12-25(33)35)17-5-6-17/h2-4,7-13,15,17H,5-6,14H2,1H3,(H,31,34)(H2,26,28,29,30,32). The third-order valence-electron chi connectivity index (χ3n) is 5.41. The first-order valence-corrected chi connectivity index (χ1v) is 11.3. The van der Waals surface area contributed by atoms with E-state index in [9.17, 15) is 9.59 Å². The predicted molar refractivity (Wildman–Crippen MR) is 133 cm³/mol. The zero-order valence-electron chi connectivity index (χ0n) is 19.1. The summed E-state index contributed by atoms with van der Waals surface area (Å²) >= 11 is 0. The first-order chi connectivity index (χ1) is 17.0. The van der Waals surface area contributed by atoms with E-state index in [-0.39, 0.29) is 18.0 Å². The van der Waals surface area contributed by atoms with Crippen molar-refractivity contribution in [1.82, 2.24) is 24.5 Å². The summed E-state index contributed by atoms with van der Waals surface area (Å²) in [6.07, 6.45) is 5.29. The molecule has 0 aliphatic heterocycles. The van der Waals surface area contributed by atoms with Gasteiger partial charge < -0.3 is 16.0 Å². The van der Waals surface area contributed by atoms with Crippen molar-refractivity contribution in [2.45, 2.75) is 32.2 Å². The molecule has 0 spiro atoms. The Hall–Kier alpha value is -4.60. The number of nitrogens with zero attached hydrogens (tertiary/aromatic N) is 5. The molecule has 1 aliphatic rings. The molecular formula is C25H24N8O2. The Morgan fingerprint density at radius 3 is 2.37 bits per heavy atom. The monoisotopic (exact) mass is 468 g/mol. The van der Waals surface area contributed by atoms with E-state index < -0.39 is 0 Å². The van der Waals surface area contributed by atoms with Crippen molar-refractivity contribution in [2.24, 2.45) is 0 Å². The highest BCUT2D eigenvalue weighted by molar-refractivity contribution is 5.90. The summed E-state index contributed by atoms with van der Waals surface area (Å²) in [7, 11) is 0. The maximum atomic E-state index is 12.4. The highest BCUT2D eigenvalue weighted by atomic mass is 16.2. The number of aryl methyl sites for hydroxylation is 1. The minimum absolute atomic E-state index is 0.0942. The molecule has 0 atom stereocenters. The normalized spacial score (nSPS) is 12.7. The lowest BCUT2D eigenvalue weighted by Crippen LogP contribution is -2.27. The van der Waals surface area contributed by atoms with Crippen molar-refractivity contribution >= 4 is 34.7 Å². The van der Waals surface area contributed by atoms with Gasteiger partial charge >= 0.3 is 0 Å². The van der Waals surface area contributed by atoms with E-state index in [1.807, 2.05) is 37.3 Å². The van der Waals surface area contributed by atoms with Crippen molar-refractivity contribution in [3.63, 3.8) is 0 Å². The summed E-state index contributed by atoms with van der Waals surface area (Å²) in [5.74, 6) is 2.63. The van der Waals surface area contributed by atoms with Gasteiger partial charge in [-0.2, -0.15) is 0 Å². The Balaban J connectivity index is 1.20. The first kappa shape index (κ1) is 22.2. The summed E-state index contributed by atoms with van der Waals surface area (Å²) in [6.45, 7) is 1.72. The third kappa shape index (κ3) is 5.85. The third-order valence-corrected chi connectivity index (χ3v) is 5.41. The molecule has 5 rings (SSSR count). The molecule has 0 unspecified atom stereocenters. The van der Waals surface area contributed by atoms with Crippen molar-refractivity contribution < 1.29 is 4.79 Å². The van der Waals surface area contributed by atoms with Crippen LogP contribution in [0.25, 0.3) is 0 Å². The van der Waals surface area contributed by atoms with Crippen LogP contribution in [0.1, 0.15) is 30.3 Å². The van der Waals surface area contributed by atoms with Gasteiger partial charge in [-0.25, -0.2) is 19.9 Å². The topological polar surface area (TPSA) is 127 Å². The van der Waals surface area contributed by atoms with Gasteiger partial charge in [0, 0.05) is 35.6 Å². The molecular weight excluding hydrogens is 444 g/mol. The maximum absolute atomic E-state index is 12.4. The van der Waals surface area contributed by atoms with Crippen LogP contribution in [0.5, 0.6) is 0 Å². The molecule has 1 aliphatic carbocycles. The minimum atomic E-state index is -0.301. The van der Waals surface area contributed by atoms with E-state index in [4.69, 9.17) is 0 Å². The lowest BCUT2D eigenvalue weighted by Gasteiger charge is -2.11. The fraction of sp³-hybridized carbons (Fsp3) is 0.200. The van der Waals surface area contributed by atoms with Gasteiger partial charge in [-0.05, 0) is 56.2 Å². The molecule has 0 saturated heterocycles. The number of hydrogen-bond acceptors (Lipinski definition) is 8. The predicted octanol–water partition coefficient (Wildman–Crippen LogP) is 3.74. The number of pyridine rings is 1. The molecule has 0 radical (unpaired) electrons. The number of carbonyl (C=O) groups is 1. The second-order valence-corrected chi connectivity index (χ2v) is 8.33. The maximum Gasteiger partial charge on any atom is 0.254 e. The van der Waals surface area contributed by atoms with E-state index in [1.165, 1.54) is 17.0 Å². The van der Waals surface area contributed by atoms with E-state index in [0.717, 1.165) is 24.2 Å². The molecule has 3 N–H and O–H groups in total. The SMILES string of the molecule is Cc1nc(Nc2ccc(NC(=O)Cn3cnc(C4CC4)cc3=O)cc2)cc(Nc2ccccn2)n1. The highest BCUT2D eigenvalue weighted by Crippen LogP contribution is 2.38. The van der Waals surface area contributed by atoms with Crippen LogP contribution in [0.15, 0.2) is 71.9 Å². The number of rotatable bonds is 8. The molecule has 1 aromatic carbocycles. The molecule has 35 heavy (non-hydrogen) atoms. The van der Waals surface area contributed by atoms with Gasteiger partial charge in [0.25, 0.3) is 5.56 Å². The lowest BCUT2D eigenvalue weighted by molar-refractivity contribution is -0.116. The smallest absolute Gasteiger partial charge is 0.254 e. The number of aromatic nitrogens is 5. The molecule has 4 aromatic rings. The fourth-order valence-corrected chi connectivity index (χ4v) is 3.56. The van der Waals surface area contributed by atoms with Gasteiger partial charge in [0.05, 0.1) is 12.0 Å². The zero-order chi connectivity index (χ0) is 24.2. The van der Waals surface area contributed by atoms with Crippen molar-refractivity contribution in [3.8, 4) is 0 Å². The van der Waals surface area contributed by atoms with Gasteiger partial charge in [-0.3, -0.25) is 14.2 Å². The number of hydrogen-bond donors (Lipinski definition) is 3. The van der Waals surface area contributed by atoms with Crippen LogP contribution in [0.3, 0.4) is 0 Å². The Morgan fingerprint density at radius 2 is 1.69 bits per heavy atom. The van der Waals surface area contributed by atoms with Gasteiger partial charge in [-0.1, -0.05) is 6.07 Å². The van der Waals surface area contributed by atoms with Crippen LogP contribution in [0, 0.1) is 6.92 Å². The molecule has 3 aromatic heterocycles. The zero-order valence-corrected chi connectivity index (χ0v) is 19.1. The van der Waals surface area contributed by atoms with Crippen LogP contribution in [-0.2, 0) is 11.3 Å². The number of nitrogens with one attached hydrogen (secondary N) is 3. The van der Waals surface area contributed by atoms with Crippen LogP contribution in [0.4, 0.5) is 28.8 Å². The highest BCUT2D eigenvalue weighted by Gasteiger charge is 2.25. The van der Waals surface area contributed by atoms with Gasteiger partial charge in [0.15, 0.2) is 0 Å². The molecule has 3 heterocycles. The molecule has 1 saturated carbocycles. The Labute approximate surface area is 201 Å². The fourth-order valence-electron chi connectivity index (χ4n) is 3.56. The van der Waals surface area contributed by atoms with Crippen molar-refractivity contribution in [2.75, 3.05) is 16.0 Å². The van der Waals surface area contributed by atoms with Gasteiger partial charge in [0.2, 0.25) is 5.91 Å². The van der Waals surface area contributed by atoms with Crippen LogP contribution >= 0.6 is 0 Å². The van der Waals surface area contributed by atoms with Gasteiger partial charge in [0.1, 0.15) is 29.8 Å². The second-order valence-electron chi connectivity index (χ2n) is 8.33. The largest absolute Gasteiger partial charge is 0.340 e. The Bertz CT molecular complexity index is 1400. The van der Waals surface area contributed by atoms with Crippen LogP contribution < -0.4 is 21.5 Å². The summed E-state index contributed by atoms with van der Waals surface area (Å²) in [5, 5.41) is 9.21. The van der Waals surface area contributed by atoms with Crippen LogP contribution in [-0.4, -0.2) is 30.4 Å². The van der Waals surface area contributed by atoms with E-state index >= 15 is 0 Å². The first-order valence-electron chi connectivity index (χ1n) is 11.3. The average molecular weight is 469 g/mol. The molecule has 176 valence electrons. The summed E-state index contributed by atoms with van der Waals surface area (Å²) in [4.78, 5) is 42.0. The lowest BCUT2D eigenvalue weighted by atomic mass is 10.2. The molecule has 1 fully saturated rings. The number of amides is 1. The molecule has 10 heteroatoms. The molecule has 10 nitrogen and oxygen atoms in total. The summed E-state index contributed by atoms with van der Waals surface area (Å²) < 4.78 is 1.31. The van der Waals surface area contributed by atoms with E-state index in [0.29, 0.717) is 34.9 Å². The van der Waals surface area contributed by atoms with Crippen LogP contribution in [0.2, 0.25) is 0 Å².